The lowest BCUT2D eigenvalue weighted by atomic mass is 10.1. The fourth-order valence-corrected chi connectivity index (χ4v) is 5.66. The maximum absolute atomic E-state index is 12.1. The standard InChI is InChI=1S/C42H68N2O6/c1-7-9-11-13-15-17-19-21-23-25-27-49-41-29-39(43-31-37(33(3)45)34(4)46)40(44-32-38(35(5)47)36(6)48)30-42(41)50-28-26-24-22-20-18-16-14-12-10-8-2/h29-32,45,47H,7-28H2,1-6H3/b37-33+,38-35+,43-31?,44-32?. The number of nitrogens with zero attached hydrogens (tertiary/aromatic N) is 2. The molecule has 0 radical (unpaired) electrons. The molecule has 0 aromatic heterocycles. The molecule has 2 N–H and O–H groups in total. The molecular formula is C42H68N2O6. The van der Waals surface area contributed by atoms with Crippen LogP contribution in [-0.4, -0.2) is 47.4 Å². The highest BCUT2D eigenvalue weighted by molar-refractivity contribution is 6.14. The normalized spacial score (nSPS) is 12.8. The molecule has 282 valence electrons. The Labute approximate surface area is 303 Å². The predicted octanol–water partition coefficient (Wildman–Crippen LogP) is 12.5. The summed E-state index contributed by atoms with van der Waals surface area (Å²) in [5.41, 5.74) is 0.877. The number of carbonyl (C=O) groups is 2. The van der Waals surface area contributed by atoms with Crippen LogP contribution in [-0.2, 0) is 9.59 Å². The van der Waals surface area contributed by atoms with Gasteiger partial charge in [0.1, 0.15) is 11.5 Å². The summed E-state index contributed by atoms with van der Waals surface area (Å²) in [5.74, 6) is 0.106. The Hall–Kier alpha value is -3.42. The fraction of sp³-hybridized carbons (Fsp3) is 0.667. The molecule has 1 aromatic rings. The van der Waals surface area contributed by atoms with Crippen LogP contribution < -0.4 is 9.47 Å². The van der Waals surface area contributed by atoms with Crippen LogP contribution in [0, 0.1) is 0 Å². The Balaban J connectivity index is 3.13. The second kappa shape index (κ2) is 28.3. The highest BCUT2D eigenvalue weighted by Crippen LogP contribution is 2.40. The predicted molar refractivity (Wildman–Crippen MR) is 209 cm³/mol. The summed E-state index contributed by atoms with van der Waals surface area (Å²) < 4.78 is 12.6. The highest BCUT2D eigenvalue weighted by atomic mass is 16.5. The summed E-state index contributed by atoms with van der Waals surface area (Å²) in [7, 11) is 0. The number of rotatable bonds is 30. The quantitative estimate of drug-likeness (QED) is 0.0358. The molecule has 1 rings (SSSR count). The summed E-state index contributed by atoms with van der Waals surface area (Å²) in [4.78, 5) is 33.3. The summed E-state index contributed by atoms with van der Waals surface area (Å²) in [6.07, 6.45) is 27.2. The average Bonchev–Trinajstić information content (AvgIpc) is 3.06. The number of allylic oxidation sites excluding steroid dienone is 4. The number of benzene rings is 1. The minimum atomic E-state index is -0.328. The third-order valence-electron chi connectivity index (χ3n) is 8.76. The second-order valence-corrected chi connectivity index (χ2v) is 13.5. The lowest BCUT2D eigenvalue weighted by Crippen LogP contribution is -2.04. The number of aliphatic hydroxyl groups is 2. The maximum atomic E-state index is 12.1. The van der Waals surface area contributed by atoms with E-state index in [2.05, 4.69) is 23.8 Å². The van der Waals surface area contributed by atoms with E-state index in [1.807, 2.05) is 0 Å². The number of hydrogen-bond donors (Lipinski definition) is 2. The first kappa shape index (κ1) is 44.6. The van der Waals surface area contributed by atoms with E-state index in [-0.39, 0.29) is 34.2 Å². The number of aliphatic imine (C=N–C) groups is 2. The van der Waals surface area contributed by atoms with Gasteiger partial charge in [0.2, 0.25) is 0 Å². The van der Waals surface area contributed by atoms with Crippen LogP contribution >= 0.6 is 0 Å². The van der Waals surface area contributed by atoms with Crippen molar-refractivity contribution < 1.29 is 29.3 Å². The van der Waals surface area contributed by atoms with Crippen molar-refractivity contribution in [3.05, 3.63) is 34.8 Å². The molecule has 0 saturated heterocycles. The van der Waals surface area contributed by atoms with Crippen molar-refractivity contribution in [3.8, 4) is 11.5 Å². The van der Waals surface area contributed by atoms with Crippen molar-refractivity contribution in [1.82, 2.24) is 0 Å². The number of unbranched alkanes of at least 4 members (excludes halogenated alkanes) is 18. The van der Waals surface area contributed by atoms with Crippen molar-refractivity contribution in [3.63, 3.8) is 0 Å². The van der Waals surface area contributed by atoms with Crippen LogP contribution in [0.15, 0.2) is 44.8 Å². The molecule has 0 fully saturated rings. The lowest BCUT2D eigenvalue weighted by Gasteiger charge is -2.15. The molecule has 0 bridgehead atoms. The average molecular weight is 697 g/mol. The zero-order chi connectivity index (χ0) is 37.0. The van der Waals surface area contributed by atoms with Crippen molar-refractivity contribution in [1.29, 1.82) is 0 Å². The van der Waals surface area contributed by atoms with Gasteiger partial charge in [-0.05, 0) is 40.5 Å². The van der Waals surface area contributed by atoms with Crippen LogP contribution in [0.25, 0.3) is 0 Å². The Kier molecular flexibility index (Phi) is 25.2. The molecule has 0 aliphatic carbocycles. The van der Waals surface area contributed by atoms with Crippen molar-refractivity contribution in [2.45, 2.75) is 170 Å². The minimum absolute atomic E-state index is 0.0737. The van der Waals surface area contributed by atoms with Gasteiger partial charge < -0.3 is 19.7 Å². The zero-order valence-electron chi connectivity index (χ0n) is 32.3. The smallest absolute Gasteiger partial charge is 0.164 e. The van der Waals surface area contributed by atoms with E-state index in [1.54, 1.807) is 12.1 Å². The number of ether oxygens (including phenoxy) is 2. The first-order valence-electron chi connectivity index (χ1n) is 19.5. The Morgan fingerprint density at radius 2 is 0.800 bits per heavy atom. The fourth-order valence-electron chi connectivity index (χ4n) is 5.66. The molecule has 0 atom stereocenters. The topological polar surface area (TPSA) is 118 Å². The molecule has 0 aliphatic rings. The first-order chi connectivity index (χ1) is 24.1. The SMILES string of the molecule is CCCCCCCCCCCCOc1cc(N=C/C(C(C)=O)=C(/C)O)c(N=C/C(C(C)=O)=C(/C)O)cc1OCCCCCCCCCCCC. The molecule has 8 heteroatoms. The molecule has 0 spiro atoms. The van der Waals surface area contributed by atoms with E-state index in [9.17, 15) is 19.8 Å². The molecule has 0 amide bonds. The second-order valence-electron chi connectivity index (χ2n) is 13.5. The molecule has 0 unspecified atom stereocenters. The van der Waals surface area contributed by atoms with Gasteiger partial charge >= 0.3 is 0 Å². The number of carbonyl (C=O) groups excluding carboxylic acids is 2. The molecule has 8 nitrogen and oxygen atoms in total. The van der Waals surface area contributed by atoms with Crippen LogP contribution in [0.5, 0.6) is 11.5 Å². The summed E-state index contributed by atoms with van der Waals surface area (Å²) in [6.45, 7) is 11.1. The molecule has 0 saturated carbocycles. The van der Waals surface area contributed by atoms with Crippen LogP contribution in [0.1, 0.15) is 170 Å². The van der Waals surface area contributed by atoms with Gasteiger partial charge in [0.05, 0.1) is 35.7 Å². The number of Topliss-reactive ketones (excluding diaryl/α,β-unsaturated/α-hetero) is 2. The van der Waals surface area contributed by atoms with Crippen LogP contribution in [0.4, 0.5) is 11.4 Å². The molecule has 0 aliphatic heterocycles. The largest absolute Gasteiger partial charge is 0.512 e. The third kappa shape index (κ3) is 20.3. The number of ketones is 2. The van der Waals surface area contributed by atoms with Crippen LogP contribution in [0.2, 0.25) is 0 Å². The van der Waals surface area contributed by atoms with Crippen molar-refractivity contribution in [2.24, 2.45) is 9.98 Å². The molecule has 50 heavy (non-hydrogen) atoms. The van der Waals surface area contributed by atoms with Gasteiger partial charge in [-0.15, -0.1) is 0 Å². The highest BCUT2D eigenvalue weighted by Gasteiger charge is 2.14. The number of hydrogen-bond acceptors (Lipinski definition) is 8. The Morgan fingerprint density at radius 3 is 1.06 bits per heavy atom. The van der Waals surface area contributed by atoms with Crippen molar-refractivity contribution >= 4 is 35.4 Å². The van der Waals surface area contributed by atoms with Gasteiger partial charge in [-0.25, -0.2) is 0 Å². The maximum Gasteiger partial charge on any atom is 0.164 e. The molecule has 0 heterocycles. The summed E-state index contributed by atoms with van der Waals surface area (Å²) in [5, 5.41) is 20.1. The van der Waals surface area contributed by atoms with E-state index in [1.165, 1.54) is 143 Å². The van der Waals surface area contributed by atoms with Gasteiger partial charge in [0.25, 0.3) is 0 Å². The van der Waals surface area contributed by atoms with Gasteiger partial charge in [-0.2, -0.15) is 0 Å². The van der Waals surface area contributed by atoms with Gasteiger partial charge in [0.15, 0.2) is 23.1 Å². The van der Waals surface area contributed by atoms with E-state index in [4.69, 9.17) is 9.47 Å². The van der Waals surface area contributed by atoms with E-state index in [0.717, 1.165) is 25.7 Å². The van der Waals surface area contributed by atoms with Crippen molar-refractivity contribution in [2.75, 3.05) is 13.2 Å². The Morgan fingerprint density at radius 1 is 0.520 bits per heavy atom. The third-order valence-corrected chi connectivity index (χ3v) is 8.76. The molecular weight excluding hydrogens is 628 g/mol. The summed E-state index contributed by atoms with van der Waals surface area (Å²) in [6, 6.07) is 3.45. The Bertz CT molecular complexity index is 1140. The first-order valence-corrected chi connectivity index (χ1v) is 19.5. The minimum Gasteiger partial charge on any atom is -0.512 e. The van der Waals surface area contributed by atoms with E-state index >= 15 is 0 Å². The zero-order valence-corrected chi connectivity index (χ0v) is 32.3. The monoisotopic (exact) mass is 697 g/mol. The van der Waals surface area contributed by atoms with Gasteiger partial charge in [-0.3, -0.25) is 19.6 Å². The van der Waals surface area contributed by atoms with Crippen LogP contribution in [0.3, 0.4) is 0 Å². The number of aliphatic hydroxyl groups excluding tert-OH is 2. The van der Waals surface area contributed by atoms with Gasteiger partial charge in [-0.1, -0.05) is 129 Å². The summed E-state index contributed by atoms with van der Waals surface area (Å²) >= 11 is 0. The van der Waals surface area contributed by atoms with E-state index in [0.29, 0.717) is 36.1 Å². The van der Waals surface area contributed by atoms with E-state index < -0.39 is 0 Å². The van der Waals surface area contributed by atoms with Gasteiger partial charge in [0, 0.05) is 24.6 Å². The molecule has 1 aromatic carbocycles. The lowest BCUT2D eigenvalue weighted by molar-refractivity contribution is -0.114.